The van der Waals surface area contributed by atoms with Crippen molar-refractivity contribution in [3.8, 4) is 0 Å². The molecule has 2 aromatic carbocycles. The molecule has 30 heavy (non-hydrogen) atoms. The number of thioether (sulfide) groups is 1. The lowest BCUT2D eigenvalue weighted by atomic mass is 10.1. The van der Waals surface area contributed by atoms with Crippen molar-refractivity contribution in [3.05, 3.63) is 54.2 Å². The van der Waals surface area contributed by atoms with Gasteiger partial charge in [-0.05, 0) is 37.6 Å². The van der Waals surface area contributed by atoms with Gasteiger partial charge in [-0.1, -0.05) is 36.9 Å². The molecule has 4 rings (SSSR count). The summed E-state index contributed by atoms with van der Waals surface area (Å²) in [5.74, 6) is 0.0118. The van der Waals surface area contributed by atoms with Gasteiger partial charge < -0.3 is 9.55 Å². The molecule has 0 spiro atoms. The van der Waals surface area contributed by atoms with Crippen LogP contribution in [0.4, 0.5) is 0 Å². The molecule has 0 radical (unpaired) electrons. The summed E-state index contributed by atoms with van der Waals surface area (Å²) in [6.07, 6.45) is 2.62. The number of nitrogens with zero attached hydrogens (tertiary/aromatic N) is 2. The smallest absolute Gasteiger partial charge is 0.238 e. The number of sulfonamides is 1. The van der Waals surface area contributed by atoms with Gasteiger partial charge in [-0.2, -0.15) is 0 Å². The summed E-state index contributed by atoms with van der Waals surface area (Å²) in [6, 6.07) is 12.4. The highest BCUT2D eigenvalue weighted by Crippen LogP contribution is 2.31. The first-order valence-electron chi connectivity index (χ1n) is 9.59. The largest absolute Gasteiger partial charge is 0.360 e. The number of hydrogen-bond donors (Lipinski definition) is 2. The van der Waals surface area contributed by atoms with Crippen molar-refractivity contribution < 1.29 is 13.2 Å². The maximum Gasteiger partial charge on any atom is 0.238 e. The van der Waals surface area contributed by atoms with Crippen LogP contribution in [0.25, 0.3) is 21.9 Å². The minimum atomic E-state index is -3.81. The van der Waals surface area contributed by atoms with Crippen molar-refractivity contribution in [2.24, 2.45) is 5.14 Å². The van der Waals surface area contributed by atoms with Gasteiger partial charge in [0.2, 0.25) is 10.0 Å². The Hall–Kier alpha value is -2.62. The third-order valence-corrected chi connectivity index (χ3v) is 6.97. The number of rotatable bonds is 7. The van der Waals surface area contributed by atoms with E-state index >= 15 is 0 Å². The first-order valence-corrected chi connectivity index (χ1v) is 12.0. The van der Waals surface area contributed by atoms with E-state index in [1.54, 1.807) is 12.3 Å². The second kappa shape index (κ2) is 7.90. The number of carbonyl (C=O) groups excluding carboxylic acids is 1. The van der Waals surface area contributed by atoms with E-state index in [1.165, 1.54) is 23.9 Å². The maximum absolute atomic E-state index is 13.1. The number of nitrogens with one attached hydrogen (secondary N) is 1. The Morgan fingerprint density at radius 2 is 2.03 bits per heavy atom. The predicted octanol–water partition coefficient (Wildman–Crippen LogP) is 3.94. The number of Topliss-reactive ketones (excluding diaryl/α,β-unsaturated/α-hetero) is 1. The van der Waals surface area contributed by atoms with Gasteiger partial charge >= 0.3 is 0 Å². The number of aromatic nitrogens is 3. The number of hydrogen-bond acceptors (Lipinski definition) is 5. The van der Waals surface area contributed by atoms with Crippen LogP contribution < -0.4 is 5.14 Å². The van der Waals surface area contributed by atoms with Gasteiger partial charge in [0, 0.05) is 29.2 Å². The molecule has 0 aliphatic carbocycles. The van der Waals surface area contributed by atoms with Crippen LogP contribution in [0.15, 0.2) is 58.7 Å². The Balaban J connectivity index is 1.69. The van der Waals surface area contributed by atoms with Crippen molar-refractivity contribution in [1.29, 1.82) is 0 Å². The molecule has 0 fully saturated rings. The average molecular weight is 443 g/mol. The normalized spacial score (nSPS) is 13.2. The van der Waals surface area contributed by atoms with E-state index < -0.39 is 10.0 Å². The first-order chi connectivity index (χ1) is 14.3. The minimum Gasteiger partial charge on any atom is -0.360 e. The van der Waals surface area contributed by atoms with Crippen LogP contribution in [-0.2, 0) is 16.6 Å². The summed E-state index contributed by atoms with van der Waals surface area (Å²) >= 11 is 1.37. The molecule has 1 atom stereocenters. The van der Waals surface area contributed by atoms with Crippen LogP contribution in [-0.4, -0.2) is 34.0 Å². The van der Waals surface area contributed by atoms with Gasteiger partial charge in [-0.3, -0.25) is 4.79 Å². The number of ketones is 1. The Kier molecular flexibility index (Phi) is 5.44. The van der Waals surface area contributed by atoms with Crippen LogP contribution >= 0.6 is 11.8 Å². The lowest BCUT2D eigenvalue weighted by molar-refractivity contribution is 0.0995. The minimum absolute atomic E-state index is 0.0118. The Morgan fingerprint density at radius 3 is 2.77 bits per heavy atom. The van der Waals surface area contributed by atoms with E-state index in [-0.39, 0.29) is 15.9 Å². The third kappa shape index (κ3) is 3.76. The third-order valence-electron chi connectivity index (χ3n) is 4.97. The van der Waals surface area contributed by atoms with E-state index in [1.807, 2.05) is 35.8 Å². The number of carbonyl (C=O) groups is 1. The molecule has 2 heterocycles. The van der Waals surface area contributed by atoms with E-state index in [4.69, 9.17) is 5.14 Å². The van der Waals surface area contributed by atoms with Crippen molar-refractivity contribution in [1.82, 2.24) is 14.5 Å². The predicted molar refractivity (Wildman–Crippen MR) is 119 cm³/mol. The van der Waals surface area contributed by atoms with Crippen LogP contribution in [0.3, 0.4) is 0 Å². The van der Waals surface area contributed by atoms with E-state index in [0.29, 0.717) is 22.8 Å². The highest BCUT2D eigenvalue weighted by Gasteiger charge is 2.23. The summed E-state index contributed by atoms with van der Waals surface area (Å²) in [5, 5.41) is 6.47. The second-order valence-electron chi connectivity index (χ2n) is 7.11. The summed E-state index contributed by atoms with van der Waals surface area (Å²) < 4.78 is 25.4. The second-order valence-corrected chi connectivity index (χ2v) is 9.98. The van der Waals surface area contributed by atoms with Crippen molar-refractivity contribution in [2.45, 2.75) is 42.1 Å². The molecule has 0 aliphatic heterocycles. The molecule has 0 amide bonds. The topological polar surface area (TPSA) is 111 Å². The summed E-state index contributed by atoms with van der Waals surface area (Å²) in [5.41, 5.74) is 2.94. The molecular weight excluding hydrogens is 420 g/mol. The van der Waals surface area contributed by atoms with Gasteiger partial charge in [-0.25, -0.2) is 18.5 Å². The standard InChI is InChI=1S/C21H22N4O3S2/c1-3-10-25-19-9-8-14(30(22,27)28)11-18(19)24-21(25)29-13(2)20(26)16-12-23-17-7-5-4-6-15(16)17/h4-9,11-13,23H,3,10H2,1-2H3,(H2,22,27,28)/t13-/m1/s1. The molecule has 0 saturated carbocycles. The quantitative estimate of drug-likeness (QED) is 0.333. The number of fused-ring (bicyclic) bond motifs is 2. The summed E-state index contributed by atoms with van der Waals surface area (Å²) in [6.45, 7) is 4.63. The van der Waals surface area contributed by atoms with Gasteiger partial charge in [0.1, 0.15) is 0 Å². The fraction of sp³-hybridized carbons (Fsp3) is 0.238. The van der Waals surface area contributed by atoms with Crippen molar-refractivity contribution >= 4 is 49.5 Å². The molecule has 0 bridgehead atoms. The van der Waals surface area contributed by atoms with E-state index in [0.717, 1.165) is 22.8 Å². The van der Waals surface area contributed by atoms with Crippen molar-refractivity contribution in [2.75, 3.05) is 0 Å². The maximum atomic E-state index is 13.1. The highest BCUT2D eigenvalue weighted by molar-refractivity contribution is 8.00. The number of primary sulfonamides is 1. The number of aryl methyl sites for hydroxylation is 1. The van der Waals surface area contributed by atoms with Crippen LogP contribution in [0.2, 0.25) is 0 Å². The fourth-order valence-electron chi connectivity index (χ4n) is 3.50. The van der Waals surface area contributed by atoms with Crippen LogP contribution in [0, 0.1) is 0 Å². The zero-order chi connectivity index (χ0) is 21.5. The van der Waals surface area contributed by atoms with Crippen LogP contribution in [0.5, 0.6) is 0 Å². The fourth-order valence-corrected chi connectivity index (χ4v) is 5.05. The lowest BCUT2D eigenvalue weighted by Gasteiger charge is -2.12. The molecule has 0 saturated heterocycles. The molecule has 9 heteroatoms. The summed E-state index contributed by atoms with van der Waals surface area (Å²) in [7, 11) is -3.81. The van der Waals surface area contributed by atoms with Gasteiger partial charge in [0.05, 0.1) is 21.2 Å². The van der Waals surface area contributed by atoms with Gasteiger partial charge in [0.15, 0.2) is 10.9 Å². The Bertz CT molecular complexity index is 1360. The number of imidazole rings is 1. The van der Waals surface area contributed by atoms with Gasteiger partial charge in [0.25, 0.3) is 0 Å². The molecule has 2 aromatic heterocycles. The molecule has 3 N–H and O–H groups in total. The first kappa shape index (κ1) is 20.6. The zero-order valence-electron chi connectivity index (χ0n) is 16.6. The molecular formula is C21H22N4O3S2. The number of nitrogens with two attached hydrogens (primary N) is 1. The number of benzene rings is 2. The molecule has 0 unspecified atom stereocenters. The number of aromatic amines is 1. The van der Waals surface area contributed by atoms with E-state index in [2.05, 4.69) is 16.9 Å². The Labute approximate surface area is 178 Å². The molecule has 156 valence electrons. The lowest BCUT2D eigenvalue weighted by Crippen LogP contribution is -2.14. The SMILES string of the molecule is CCCn1c(S[C@H](C)C(=O)c2c[nH]c3ccccc23)nc2cc(S(N)(=O)=O)ccc21. The molecule has 4 aromatic rings. The summed E-state index contributed by atoms with van der Waals surface area (Å²) in [4.78, 5) is 20.9. The number of H-pyrrole nitrogens is 1. The van der Waals surface area contributed by atoms with E-state index in [9.17, 15) is 13.2 Å². The average Bonchev–Trinajstić information content (AvgIpc) is 3.28. The highest BCUT2D eigenvalue weighted by atomic mass is 32.2. The molecule has 7 nitrogen and oxygen atoms in total. The Morgan fingerprint density at radius 1 is 1.27 bits per heavy atom. The van der Waals surface area contributed by atoms with Crippen molar-refractivity contribution in [3.63, 3.8) is 0 Å². The van der Waals surface area contributed by atoms with Crippen LogP contribution in [0.1, 0.15) is 30.6 Å². The number of para-hydroxylation sites is 1. The molecule has 0 aliphatic rings. The zero-order valence-corrected chi connectivity index (χ0v) is 18.3. The van der Waals surface area contributed by atoms with Gasteiger partial charge in [-0.15, -0.1) is 0 Å². The monoisotopic (exact) mass is 442 g/mol.